The number of unbranched alkanes of at least 4 members (excludes halogenated alkanes) is 2. The van der Waals surface area contributed by atoms with Gasteiger partial charge in [-0.05, 0) is 99.5 Å². The van der Waals surface area contributed by atoms with E-state index in [1.54, 1.807) is 19.1 Å². The Morgan fingerprint density at radius 1 is 0.882 bits per heavy atom. The van der Waals surface area contributed by atoms with Crippen LogP contribution >= 0.6 is 0 Å². The molecule has 2 nitrogen and oxygen atoms in total. The Hall–Kier alpha value is -1.16. The van der Waals surface area contributed by atoms with Crippen LogP contribution in [0.4, 0.5) is 8.78 Å². The maximum absolute atomic E-state index is 14.6. The molecule has 194 valence electrons. The largest absolute Gasteiger partial charge is 0.491 e. The second-order valence-electron chi connectivity index (χ2n) is 11.2. The Bertz CT molecular complexity index is 721. The first-order valence-corrected chi connectivity index (χ1v) is 14.2. The first-order chi connectivity index (χ1) is 16.4. The zero-order valence-electron chi connectivity index (χ0n) is 21.8. The minimum atomic E-state index is -0.848. The van der Waals surface area contributed by atoms with Crippen molar-refractivity contribution in [2.45, 2.75) is 123 Å². The van der Waals surface area contributed by atoms with Crippen LogP contribution in [0.25, 0.3) is 0 Å². The molecule has 0 spiro atoms. The van der Waals surface area contributed by atoms with E-state index in [9.17, 15) is 13.9 Å². The van der Waals surface area contributed by atoms with Crippen LogP contribution in [0.1, 0.15) is 122 Å². The van der Waals surface area contributed by atoms with Crippen molar-refractivity contribution in [3.63, 3.8) is 0 Å². The van der Waals surface area contributed by atoms with Crippen LogP contribution in [-0.2, 0) is 0 Å². The molecule has 0 aliphatic heterocycles. The third-order valence-electron chi connectivity index (χ3n) is 8.96. The third kappa shape index (κ3) is 7.42. The van der Waals surface area contributed by atoms with Crippen molar-refractivity contribution in [1.82, 2.24) is 0 Å². The highest BCUT2D eigenvalue weighted by molar-refractivity contribution is 5.33. The average Bonchev–Trinajstić information content (AvgIpc) is 2.86. The molecule has 2 unspecified atom stereocenters. The van der Waals surface area contributed by atoms with Gasteiger partial charge in [-0.2, -0.15) is 4.39 Å². The topological polar surface area (TPSA) is 29.5 Å². The van der Waals surface area contributed by atoms with E-state index >= 15 is 0 Å². The Balaban J connectivity index is 1.39. The van der Waals surface area contributed by atoms with E-state index in [-0.39, 0.29) is 17.8 Å². The van der Waals surface area contributed by atoms with Crippen LogP contribution < -0.4 is 4.74 Å². The highest BCUT2D eigenvalue weighted by atomic mass is 19.2. The molecule has 0 bridgehead atoms. The normalized spacial score (nSPS) is 27.4. The highest BCUT2D eigenvalue weighted by Crippen LogP contribution is 2.42. The molecule has 1 aromatic rings. The molecule has 0 amide bonds. The monoisotopic (exact) mass is 478 g/mol. The van der Waals surface area contributed by atoms with Gasteiger partial charge in [0.25, 0.3) is 0 Å². The molecular weight excluding hydrogens is 430 g/mol. The average molecular weight is 479 g/mol. The van der Waals surface area contributed by atoms with Crippen molar-refractivity contribution in [2.75, 3.05) is 6.61 Å². The van der Waals surface area contributed by atoms with Crippen molar-refractivity contribution in [2.24, 2.45) is 23.7 Å². The van der Waals surface area contributed by atoms with Crippen molar-refractivity contribution in [3.05, 3.63) is 29.3 Å². The van der Waals surface area contributed by atoms with Gasteiger partial charge in [-0.3, -0.25) is 0 Å². The van der Waals surface area contributed by atoms with Gasteiger partial charge in [-0.25, -0.2) is 4.39 Å². The molecule has 2 fully saturated rings. The molecule has 0 aromatic heterocycles. The Kier molecular flexibility index (Phi) is 11.1. The molecule has 1 aromatic carbocycles. The molecule has 2 aliphatic carbocycles. The number of hydrogen-bond acceptors (Lipinski definition) is 2. The Morgan fingerprint density at radius 3 is 2.21 bits per heavy atom. The molecule has 2 saturated carbocycles. The maximum Gasteiger partial charge on any atom is 0.200 e. The van der Waals surface area contributed by atoms with E-state index in [2.05, 4.69) is 13.8 Å². The van der Waals surface area contributed by atoms with Crippen LogP contribution in [-0.4, -0.2) is 17.8 Å². The zero-order chi connectivity index (χ0) is 24.5. The summed E-state index contributed by atoms with van der Waals surface area (Å²) in [4.78, 5) is 0. The Labute approximate surface area is 206 Å². The fraction of sp³-hybridized carbons (Fsp3) is 0.800. The summed E-state index contributed by atoms with van der Waals surface area (Å²) in [5, 5.41) is 10.8. The molecule has 3 rings (SSSR count). The summed E-state index contributed by atoms with van der Waals surface area (Å²) in [6, 6.07) is 3.29. The maximum atomic E-state index is 14.6. The summed E-state index contributed by atoms with van der Waals surface area (Å²) >= 11 is 0. The number of aliphatic hydroxyl groups excluding tert-OH is 1. The summed E-state index contributed by atoms with van der Waals surface area (Å²) in [6.07, 6.45) is 16.1. The Morgan fingerprint density at radius 2 is 1.56 bits per heavy atom. The van der Waals surface area contributed by atoms with Crippen molar-refractivity contribution >= 4 is 0 Å². The van der Waals surface area contributed by atoms with Gasteiger partial charge in [0, 0.05) is 0 Å². The smallest absolute Gasteiger partial charge is 0.200 e. The van der Waals surface area contributed by atoms with Gasteiger partial charge in [0.2, 0.25) is 5.82 Å². The second kappa shape index (κ2) is 13.8. The number of ether oxygens (including phenoxy) is 1. The van der Waals surface area contributed by atoms with Gasteiger partial charge >= 0.3 is 0 Å². The molecular formula is C30H48F2O2. The van der Waals surface area contributed by atoms with Gasteiger partial charge in [0.15, 0.2) is 11.6 Å². The highest BCUT2D eigenvalue weighted by Gasteiger charge is 2.30. The van der Waals surface area contributed by atoms with Crippen LogP contribution in [0.5, 0.6) is 5.75 Å². The van der Waals surface area contributed by atoms with E-state index < -0.39 is 11.6 Å². The fourth-order valence-corrected chi connectivity index (χ4v) is 6.58. The fourth-order valence-electron chi connectivity index (χ4n) is 6.58. The van der Waals surface area contributed by atoms with Crippen molar-refractivity contribution < 1.29 is 18.6 Å². The van der Waals surface area contributed by atoms with E-state index in [4.69, 9.17) is 4.74 Å². The van der Waals surface area contributed by atoms with E-state index in [1.807, 2.05) is 0 Å². The summed E-state index contributed by atoms with van der Waals surface area (Å²) in [7, 11) is 0. The molecule has 34 heavy (non-hydrogen) atoms. The quantitative estimate of drug-likeness (QED) is 0.304. The predicted molar refractivity (Wildman–Crippen MR) is 136 cm³/mol. The first-order valence-electron chi connectivity index (χ1n) is 14.2. The molecule has 0 heterocycles. The van der Waals surface area contributed by atoms with Crippen LogP contribution in [0.3, 0.4) is 0 Å². The lowest BCUT2D eigenvalue weighted by atomic mass is 9.72. The standard InChI is InChI=1S/C30H48F2O2/c1-4-6-7-8-22-10-12-25(13-11-22)27(33)19-9-21(3)23-14-16-24(17-15-23)26-18-20-28(34-5-2)30(32)29(26)31/h18,20-25,27,33H,4-17,19H2,1-3H3. The van der Waals surface area contributed by atoms with Gasteiger partial charge in [0.05, 0.1) is 12.7 Å². The van der Waals surface area contributed by atoms with Gasteiger partial charge in [-0.1, -0.05) is 58.4 Å². The number of aliphatic hydroxyl groups is 1. The van der Waals surface area contributed by atoms with Gasteiger partial charge in [-0.15, -0.1) is 0 Å². The van der Waals surface area contributed by atoms with Gasteiger partial charge in [0.1, 0.15) is 0 Å². The van der Waals surface area contributed by atoms with E-state index in [1.165, 1.54) is 51.4 Å². The third-order valence-corrected chi connectivity index (χ3v) is 8.96. The first kappa shape index (κ1) is 27.4. The van der Waals surface area contributed by atoms with Crippen molar-refractivity contribution in [1.29, 1.82) is 0 Å². The van der Waals surface area contributed by atoms with Crippen LogP contribution in [0.2, 0.25) is 0 Å². The zero-order valence-corrected chi connectivity index (χ0v) is 21.8. The second-order valence-corrected chi connectivity index (χ2v) is 11.2. The van der Waals surface area contributed by atoms with Crippen LogP contribution in [0, 0.1) is 35.3 Å². The van der Waals surface area contributed by atoms with Crippen LogP contribution in [0.15, 0.2) is 12.1 Å². The summed E-state index contributed by atoms with van der Waals surface area (Å²) < 4.78 is 34.1. The lowest BCUT2D eigenvalue weighted by Gasteiger charge is -2.34. The number of benzene rings is 1. The number of halogens is 2. The molecule has 0 saturated heterocycles. The molecule has 2 aliphatic rings. The minimum absolute atomic E-state index is 0.00888. The summed E-state index contributed by atoms with van der Waals surface area (Å²) in [6.45, 7) is 6.68. The van der Waals surface area contributed by atoms with Crippen molar-refractivity contribution in [3.8, 4) is 5.75 Å². The lowest BCUT2D eigenvalue weighted by molar-refractivity contribution is 0.0568. The predicted octanol–water partition coefficient (Wildman–Crippen LogP) is 8.80. The number of rotatable bonds is 12. The summed E-state index contributed by atoms with van der Waals surface area (Å²) in [5.74, 6) is 1.09. The molecule has 1 N–H and O–H groups in total. The molecule has 4 heteroatoms. The lowest BCUT2D eigenvalue weighted by Crippen LogP contribution is -2.27. The number of hydrogen-bond donors (Lipinski definition) is 1. The summed E-state index contributed by atoms with van der Waals surface area (Å²) in [5.41, 5.74) is 0.507. The SMILES string of the molecule is CCCCCC1CCC(C(O)CCC(C)C2CCC(c3ccc(OCC)c(F)c3F)CC2)CC1. The minimum Gasteiger partial charge on any atom is -0.491 e. The van der Waals surface area contributed by atoms with Gasteiger partial charge < -0.3 is 9.84 Å². The molecule has 0 radical (unpaired) electrons. The molecule has 2 atom stereocenters. The van der Waals surface area contributed by atoms with E-state index in [0.717, 1.165) is 44.4 Å². The van der Waals surface area contributed by atoms with E-state index in [0.29, 0.717) is 29.9 Å².